The van der Waals surface area contributed by atoms with Crippen molar-refractivity contribution in [3.63, 3.8) is 0 Å². The van der Waals surface area contributed by atoms with Crippen LogP contribution in [-0.2, 0) is 24.3 Å². The number of aryl methyl sites for hydroxylation is 2. The molecule has 2 aliphatic heterocycles. The van der Waals surface area contributed by atoms with Gasteiger partial charge in [-0.1, -0.05) is 53.5 Å². The molecule has 1 fully saturated rings. The van der Waals surface area contributed by atoms with Gasteiger partial charge in [-0.15, -0.1) is 0 Å². The molecule has 8 nitrogen and oxygen atoms in total. The third-order valence-corrected chi connectivity index (χ3v) is 8.52. The van der Waals surface area contributed by atoms with Gasteiger partial charge < -0.3 is 24.0 Å². The Hall–Kier alpha value is -3.49. The molecule has 0 atom stereocenters. The Kier molecular flexibility index (Phi) is 9.61. The zero-order chi connectivity index (χ0) is 31.6. The number of rotatable bonds is 7. The first-order valence-corrected chi connectivity index (χ1v) is 15.7. The van der Waals surface area contributed by atoms with Gasteiger partial charge in [0.2, 0.25) is 5.88 Å². The van der Waals surface area contributed by atoms with Gasteiger partial charge in [0.15, 0.2) is 0 Å². The summed E-state index contributed by atoms with van der Waals surface area (Å²) in [6, 6.07) is 13.6. The van der Waals surface area contributed by atoms with Crippen LogP contribution in [0.1, 0.15) is 71.9 Å². The van der Waals surface area contributed by atoms with Crippen LogP contribution in [0.3, 0.4) is 0 Å². The van der Waals surface area contributed by atoms with E-state index in [-0.39, 0.29) is 23.1 Å². The molecule has 2 aliphatic rings. The van der Waals surface area contributed by atoms with Crippen molar-refractivity contribution in [3.05, 3.63) is 86.0 Å². The Morgan fingerprint density at radius 3 is 2.43 bits per heavy atom. The fourth-order valence-corrected chi connectivity index (χ4v) is 6.15. The van der Waals surface area contributed by atoms with Gasteiger partial charge in [0, 0.05) is 54.8 Å². The molecule has 3 aromatic rings. The summed E-state index contributed by atoms with van der Waals surface area (Å²) in [6.07, 6.45) is 1.27. The molecule has 1 saturated heterocycles. The first-order valence-electron chi connectivity index (χ1n) is 15.0. The molecule has 10 heteroatoms. The number of hydrogen-bond acceptors (Lipinski definition) is 6. The number of ether oxygens (including phenoxy) is 3. The number of fused-ring (bicyclic) bond motifs is 1. The second-order valence-corrected chi connectivity index (χ2v) is 13.2. The minimum atomic E-state index is -0.552. The SMILES string of the molecule is Cc1cc(C)c(CN2CCc3c(Cl)cc(OC4CCN(C(=O)OC(C)(C)C)CC4)c(Cl)c3C2=O)c(OCc2ccccc2)n1. The van der Waals surface area contributed by atoms with E-state index in [9.17, 15) is 9.59 Å². The number of halogens is 2. The molecule has 3 heterocycles. The highest BCUT2D eigenvalue weighted by atomic mass is 35.5. The lowest BCUT2D eigenvalue weighted by Gasteiger charge is -2.34. The Morgan fingerprint density at radius 1 is 1.05 bits per heavy atom. The largest absolute Gasteiger partial charge is 0.489 e. The fraction of sp³-hybridized carbons (Fsp3) is 0.441. The lowest BCUT2D eigenvalue weighted by molar-refractivity contribution is 0.0126. The van der Waals surface area contributed by atoms with E-state index < -0.39 is 5.60 Å². The van der Waals surface area contributed by atoms with Crippen LogP contribution < -0.4 is 9.47 Å². The van der Waals surface area contributed by atoms with Crippen molar-refractivity contribution >= 4 is 35.2 Å². The van der Waals surface area contributed by atoms with Crippen LogP contribution in [0, 0.1) is 13.8 Å². The van der Waals surface area contributed by atoms with Gasteiger partial charge in [-0.25, -0.2) is 9.78 Å². The first-order chi connectivity index (χ1) is 20.9. The number of nitrogens with zero attached hydrogens (tertiary/aromatic N) is 3. The second kappa shape index (κ2) is 13.2. The number of carbonyl (C=O) groups excluding carboxylic acids is 2. The number of carbonyl (C=O) groups is 2. The molecular weight excluding hydrogens is 601 g/mol. The average Bonchev–Trinajstić information content (AvgIpc) is 2.97. The number of likely N-dealkylation sites (tertiary alicyclic amines) is 1. The smallest absolute Gasteiger partial charge is 0.410 e. The lowest BCUT2D eigenvalue weighted by Crippen LogP contribution is -2.44. The molecule has 0 unspecified atom stereocenters. The van der Waals surface area contributed by atoms with Crippen LogP contribution in [0.4, 0.5) is 4.79 Å². The molecule has 234 valence electrons. The summed E-state index contributed by atoms with van der Waals surface area (Å²) < 4.78 is 18.0. The van der Waals surface area contributed by atoms with E-state index in [1.807, 2.05) is 71.0 Å². The Morgan fingerprint density at radius 2 is 1.75 bits per heavy atom. The van der Waals surface area contributed by atoms with Gasteiger partial charge in [0.05, 0.1) is 17.1 Å². The van der Waals surface area contributed by atoms with Crippen molar-refractivity contribution in [1.82, 2.24) is 14.8 Å². The van der Waals surface area contributed by atoms with Crippen molar-refractivity contribution in [2.24, 2.45) is 0 Å². The number of amides is 2. The summed E-state index contributed by atoms with van der Waals surface area (Å²) in [4.78, 5) is 34.5. The minimum Gasteiger partial charge on any atom is -0.489 e. The Bertz CT molecular complexity index is 1530. The fourth-order valence-electron chi connectivity index (χ4n) is 5.57. The molecule has 0 radical (unpaired) electrons. The number of piperidine rings is 1. The highest BCUT2D eigenvalue weighted by Crippen LogP contribution is 2.40. The van der Waals surface area contributed by atoms with Crippen molar-refractivity contribution in [2.45, 2.75) is 78.7 Å². The van der Waals surface area contributed by atoms with E-state index in [1.54, 1.807) is 15.9 Å². The summed E-state index contributed by atoms with van der Waals surface area (Å²) in [7, 11) is 0. The maximum atomic E-state index is 13.9. The Labute approximate surface area is 269 Å². The summed E-state index contributed by atoms with van der Waals surface area (Å²) in [5, 5.41) is 0.714. The minimum absolute atomic E-state index is 0.180. The second-order valence-electron chi connectivity index (χ2n) is 12.4. The molecule has 0 N–H and O–H groups in total. The molecule has 44 heavy (non-hydrogen) atoms. The van der Waals surface area contributed by atoms with Crippen LogP contribution in [-0.4, -0.2) is 58.1 Å². The molecule has 0 bridgehead atoms. The van der Waals surface area contributed by atoms with E-state index >= 15 is 0 Å². The summed E-state index contributed by atoms with van der Waals surface area (Å²) in [5.74, 6) is 0.683. The van der Waals surface area contributed by atoms with Crippen LogP contribution >= 0.6 is 23.2 Å². The topological polar surface area (TPSA) is 81.2 Å². The van der Waals surface area contributed by atoms with Crippen LogP contribution in [0.25, 0.3) is 0 Å². The molecule has 0 saturated carbocycles. The highest BCUT2D eigenvalue weighted by Gasteiger charge is 2.33. The quantitative estimate of drug-likeness (QED) is 0.265. The molecular formula is C34H39Cl2N3O5. The molecule has 0 spiro atoms. The third kappa shape index (κ3) is 7.41. The van der Waals surface area contributed by atoms with Crippen LogP contribution in [0.2, 0.25) is 10.0 Å². The first kappa shape index (κ1) is 31.9. The monoisotopic (exact) mass is 639 g/mol. The maximum Gasteiger partial charge on any atom is 0.410 e. The molecule has 2 amide bonds. The maximum absolute atomic E-state index is 13.9. The summed E-state index contributed by atoms with van der Waals surface area (Å²) in [5.41, 5.74) is 4.28. The molecule has 5 rings (SSSR count). The normalized spacial score (nSPS) is 15.7. The Balaban J connectivity index is 1.31. The van der Waals surface area contributed by atoms with E-state index in [0.29, 0.717) is 74.3 Å². The average molecular weight is 641 g/mol. The van der Waals surface area contributed by atoms with Crippen molar-refractivity contribution in [3.8, 4) is 11.6 Å². The number of pyridine rings is 1. The molecule has 2 aromatic carbocycles. The van der Waals surface area contributed by atoms with Gasteiger partial charge >= 0.3 is 6.09 Å². The third-order valence-electron chi connectivity index (χ3n) is 7.81. The zero-order valence-electron chi connectivity index (χ0n) is 25.9. The lowest BCUT2D eigenvalue weighted by atomic mass is 9.97. The van der Waals surface area contributed by atoms with Gasteiger partial charge in [-0.3, -0.25) is 4.79 Å². The van der Waals surface area contributed by atoms with Crippen molar-refractivity contribution in [2.75, 3.05) is 19.6 Å². The number of aromatic nitrogens is 1. The van der Waals surface area contributed by atoms with E-state index in [1.165, 1.54) is 0 Å². The van der Waals surface area contributed by atoms with Crippen molar-refractivity contribution < 1.29 is 23.8 Å². The summed E-state index contributed by atoms with van der Waals surface area (Å²) in [6.45, 7) is 11.7. The van der Waals surface area contributed by atoms with Gasteiger partial charge in [0.25, 0.3) is 5.91 Å². The van der Waals surface area contributed by atoms with E-state index in [0.717, 1.165) is 27.9 Å². The number of benzene rings is 2. The van der Waals surface area contributed by atoms with Gasteiger partial charge in [-0.05, 0) is 63.8 Å². The van der Waals surface area contributed by atoms with Gasteiger partial charge in [-0.2, -0.15) is 0 Å². The molecule has 1 aromatic heterocycles. The number of hydrogen-bond donors (Lipinski definition) is 0. The van der Waals surface area contributed by atoms with E-state index in [4.69, 9.17) is 37.4 Å². The predicted molar refractivity (Wildman–Crippen MR) is 171 cm³/mol. The van der Waals surface area contributed by atoms with Crippen LogP contribution in [0.5, 0.6) is 11.6 Å². The highest BCUT2D eigenvalue weighted by molar-refractivity contribution is 6.38. The van der Waals surface area contributed by atoms with Crippen LogP contribution in [0.15, 0.2) is 42.5 Å². The predicted octanol–water partition coefficient (Wildman–Crippen LogP) is 7.56. The van der Waals surface area contributed by atoms with Crippen molar-refractivity contribution in [1.29, 1.82) is 0 Å². The zero-order valence-corrected chi connectivity index (χ0v) is 27.4. The summed E-state index contributed by atoms with van der Waals surface area (Å²) >= 11 is 13.6. The molecule has 0 aliphatic carbocycles. The van der Waals surface area contributed by atoms with Gasteiger partial charge in [0.1, 0.15) is 24.1 Å². The van der Waals surface area contributed by atoms with E-state index in [2.05, 4.69) is 4.98 Å². The standard InChI is InChI=1S/C34H39Cl2N3O5/c1-21-17-22(2)37-31(42-20-23-9-7-6-8-10-23)26(21)19-39-16-13-25-27(35)18-28(30(36)29(25)32(39)40)43-24-11-14-38(15-12-24)33(41)44-34(3,4)5/h6-10,17-18,24H,11-16,19-20H2,1-5H3.